The predicted octanol–water partition coefficient (Wildman–Crippen LogP) is 7.49. The number of alkyl halides is 4. The summed E-state index contributed by atoms with van der Waals surface area (Å²) in [6.45, 7) is 2.20. The molecule has 0 bridgehead atoms. The van der Waals surface area contributed by atoms with E-state index in [2.05, 4.69) is 9.88 Å². The van der Waals surface area contributed by atoms with Gasteiger partial charge in [-0.25, -0.2) is 4.39 Å². The molecule has 0 saturated carbocycles. The second-order valence-electron chi connectivity index (χ2n) is 10.7. The van der Waals surface area contributed by atoms with E-state index < -0.39 is 23.9 Å². The lowest BCUT2D eigenvalue weighted by molar-refractivity contribution is -0.139. The third-order valence-corrected chi connectivity index (χ3v) is 7.97. The zero-order valence-electron chi connectivity index (χ0n) is 22.7. The minimum Gasteiger partial charge on any atom is -0.497 e. The number of piperidine rings is 1. The summed E-state index contributed by atoms with van der Waals surface area (Å²) >= 11 is 0. The molecule has 4 rings (SSSR count). The first-order chi connectivity index (χ1) is 19.1. The Labute approximate surface area is 232 Å². The molecule has 0 aliphatic carbocycles. The number of hydrogen-bond acceptors (Lipinski definition) is 4. The van der Waals surface area contributed by atoms with Gasteiger partial charge >= 0.3 is 12.1 Å². The second-order valence-corrected chi connectivity index (χ2v) is 10.7. The number of unbranched alkanes of at least 4 members (excludes halogenated alkanes) is 1. The summed E-state index contributed by atoms with van der Waals surface area (Å²) in [7, 11) is 1.56. The number of carboxylic acids is 1. The fourth-order valence-electron chi connectivity index (χ4n) is 5.83. The minimum absolute atomic E-state index is 0.0394. The largest absolute Gasteiger partial charge is 0.497 e. The number of nitrogens with zero attached hydrogens (tertiary/aromatic N) is 2. The zero-order chi connectivity index (χ0) is 28.7. The maximum absolute atomic E-state index is 15.5. The monoisotopic (exact) mass is 560 g/mol. The van der Waals surface area contributed by atoms with Gasteiger partial charge in [0.15, 0.2) is 0 Å². The molecule has 5 nitrogen and oxygen atoms in total. The van der Waals surface area contributed by atoms with Gasteiger partial charge in [-0.1, -0.05) is 18.2 Å². The molecule has 3 aromatic rings. The highest BCUT2D eigenvalue weighted by atomic mass is 19.4. The van der Waals surface area contributed by atoms with Gasteiger partial charge in [-0.3, -0.25) is 9.78 Å². The van der Waals surface area contributed by atoms with Crippen LogP contribution in [-0.2, 0) is 17.4 Å². The van der Waals surface area contributed by atoms with Crippen molar-refractivity contribution in [2.45, 2.75) is 57.3 Å². The van der Waals surface area contributed by atoms with Gasteiger partial charge in [0, 0.05) is 24.5 Å². The van der Waals surface area contributed by atoms with E-state index in [1.54, 1.807) is 37.6 Å². The van der Waals surface area contributed by atoms with E-state index in [1.165, 1.54) is 12.1 Å². The van der Waals surface area contributed by atoms with Crippen molar-refractivity contribution >= 4 is 16.9 Å². The van der Waals surface area contributed by atoms with Crippen molar-refractivity contribution in [2.75, 3.05) is 26.7 Å². The quantitative estimate of drug-likeness (QED) is 0.184. The van der Waals surface area contributed by atoms with Crippen molar-refractivity contribution in [3.63, 3.8) is 0 Å². The number of likely N-dealkylation sites (tertiary alicyclic amines) is 1. The molecule has 40 heavy (non-hydrogen) atoms. The number of methoxy groups -OCH3 is 1. The van der Waals surface area contributed by atoms with E-state index in [0.29, 0.717) is 48.2 Å². The van der Waals surface area contributed by atoms with Crippen LogP contribution < -0.4 is 4.74 Å². The maximum atomic E-state index is 15.5. The average molecular weight is 561 g/mol. The smallest absolute Gasteiger partial charge is 0.416 e. The van der Waals surface area contributed by atoms with E-state index in [1.807, 2.05) is 6.07 Å². The summed E-state index contributed by atoms with van der Waals surface area (Å²) in [5.74, 6) is -0.183. The third-order valence-electron chi connectivity index (χ3n) is 7.97. The topological polar surface area (TPSA) is 62.7 Å². The molecule has 1 unspecified atom stereocenters. The minimum atomic E-state index is -4.35. The van der Waals surface area contributed by atoms with Gasteiger partial charge in [-0.05, 0) is 105 Å². The number of carbonyl (C=O) groups is 1. The summed E-state index contributed by atoms with van der Waals surface area (Å²) < 4.78 is 59.7. The Hall–Kier alpha value is -3.20. The van der Waals surface area contributed by atoms with Crippen molar-refractivity contribution < 1.29 is 32.2 Å². The first kappa shape index (κ1) is 29.8. The number of rotatable bonds is 12. The Bertz CT molecular complexity index is 1280. The van der Waals surface area contributed by atoms with Gasteiger partial charge in [-0.2, -0.15) is 13.2 Å². The van der Waals surface area contributed by atoms with Crippen LogP contribution in [0.4, 0.5) is 17.6 Å². The highest BCUT2D eigenvalue weighted by Gasteiger charge is 2.32. The highest BCUT2D eigenvalue weighted by molar-refractivity contribution is 5.83. The molecule has 9 heteroatoms. The average Bonchev–Trinajstić information content (AvgIpc) is 2.93. The van der Waals surface area contributed by atoms with Gasteiger partial charge in [0.1, 0.15) is 11.9 Å². The van der Waals surface area contributed by atoms with E-state index in [4.69, 9.17) is 4.74 Å². The van der Waals surface area contributed by atoms with Crippen LogP contribution in [0.25, 0.3) is 10.9 Å². The van der Waals surface area contributed by atoms with Crippen molar-refractivity contribution in [3.8, 4) is 5.75 Å². The molecule has 0 radical (unpaired) electrons. The number of aliphatic carboxylic acids is 1. The number of halogens is 4. The van der Waals surface area contributed by atoms with Crippen molar-refractivity contribution in [1.29, 1.82) is 0 Å². The number of hydrogen-bond donors (Lipinski definition) is 1. The zero-order valence-corrected chi connectivity index (χ0v) is 22.7. The molecule has 2 heterocycles. The van der Waals surface area contributed by atoms with Crippen LogP contribution in [0.2, 0.25) is 0 Å². The molecule has 1 aromatic heterocycles. The molecule has 1 saturated heterocycles. The summed E-state index contributed by atoms with van der Waals surface area (Å²) in [4.78, 5) is 18.2. The number of aromatic nitrogens is 1. The second kappa shape index (κ2) is 13.4. The fraction of sp³-hybridized carbons (Fsp3) is 0.484. The van der Waals surface area contributed by atoms with Crippen LogP contribution in [0.3, 0.4) is 0 Å². The molecule has 2 aromatic carbocycles. The Morgan fingerprint density at radius 1 is 1.15 bits per heavy atom. The number of ether oxygens (including phenoxy) is 1. The molecular weight excluding hydrogens is 524 g/mol. The van der Waals surface area contributed by atoms with Crippen LogP contribution >= 0.6 is 0 Å². The first-order valence-electron chi connectivity index (χ1n) is 13.8. The Balaban J connectivity index is 1.29. The van der Waals surface area contributed by atoms with E-state index in [0.717, 1.165) is 43.8 Å². The molecular formula is C31H36F4N2O3. The lowest BCUT2D eigenvalue weighted by atomic mass is 9.79. The number of benzene rings is 2. The first-order valence-corrected chi connectivity index (χ1v) is 13.8. The van der Waals surface area contributed by atoms with E-state index in [9.17, 15) is 23.1 Å². The van der Waals surface area contributed by atoms with Crippen molar-refractivity contribution in [1.82, 2.24) is 9.88 Å². The number of carboxylic acid groups (broad SMARTS) is 1. The predicted molar refractivity (Wildman–Crippen MR) is 146 cm³/mol. The normalized spacial score (nSPS) is 19.0. The Kier molecular flexibility index (Phi) is 10.0. The van der Waals surface area contributed by atoms with Crippen molar-refractivity contribution in [3.05, 3.63) is 71.4 Å². The third kappa shape index (κ3) is 7.93. The molecule has 216 valence electrons. The lowest BCUT2D eigenvalue weighted by Gasteiger charge is -2.38. The molecule has 3 atom stereocenters. The van der Waals surface area contributed by atoms with Crippen LogP contribution in [0.1, 0.15) is 61.4 Å². The fourth-order valence-corrected chi connectivity index (χ4v) is 5.83. The van der Waals surface area contributed by atoms with Gasteiger partial charge in [-0.15, -0.1) is 0 Å². The summed E-state index contributed by atoms with van der Waals surface area (Å²) in [5, 5.41) is 10.2. The standard InChI is InChI=1S/C31H36F4N2O3/c1-40-25-9-11-29-27(19-25)26(12-14-36-29)28(32)10-8-22-13-16-37(20-23(22)18-30(38)39)15-3-2-5-21-6-4-7-24(17-21)31(33,34)35/h4,6-7,9,11-12,14,17,19,22-23,28H,2-3,5,8,10,13,15-16,18,20H2,1H3,(H,38,39)/t22-,23+,28?/m1/s1. The number of pyridine rings is 1. The molecule has 0 amide bonds. The van der Waals surface area contributed by atoms with Gasteiger partial charge in [0.05, 0.1) is 18.2 Å². The molecule has 1 aliphatic heterocycles. The van der Waals surface area contributed by atoms with Gasteiger partial charge in [0.25, 0.3) is 0 Å². The summed E-state index contributed by atoms with van der Waals surface area (Å²) in [6.07, 6.45) is -0.0868. The van der Waals surface area contributed by atoms with Crippen LogP contribution in [0.5, 0.6) is 5.75 Å². The Morgan fingerprint density at radius 3 is 2.73 bits per heavy atom. The van der Waals surface area contributed by atoms with Crippen LogP contribution in [0, 0.1) is 11.8 Å². The van der Waals surface area contributed by atoms with Gasteiger partial charge < -0.3 is 14.7 Å². The van der Waals surface area contributed by atoms with E-state index in [-0.39, 0.29) is 18.3 Å². The Morgan fingerprint density at radius 2 is 1.98 bits per heavy atom. The van der Waals surface area contributed by atoms with Crippen molar-refractivity contribution in [2.24, 2.45) is 11.8 Å². The number of fused-ring (bicyclic) bond motifs is 1. The van der Waals surface area contributed by atoms with E-state index >= 15 is 4.39 Å². The number of aryl methyl sites for hydroxylation is 1. The molecule has 0 spiro atoms. The van der Waals surface area contributed by atoms with Gasteiger partial charge in [0.2, 0.25) is 0 Å². The summed E-state index contributed by atoms with van der Waals surface area (Å²) in [6, 6.07) is 12.5. The maximum Gasteiger partial charge on any atom is 0.416 e. The lowest BCUT2D eigenvalue weighted by Crippen LogP contribution is -2.41. The summed E-state index contributed by atoms with van der Waals surface area (Å²) in [5.41, 5.74) is 1.30. The highest BCUT2D eigenvalue weighted by Crippen LogP contribution is 2.36. The molecule has 1 fully saturated rings. The molecule has 1 N–H and O–H groups in total. The SMILES string of the molecule is COc1ccc2nccc(C(F)CC[C@@H]3CCN(CCCCc4cccc(C(F)(F)F)c4)C[C@@H]3CC(=O)O)c2c1. The van der Waals surface area contributed by atoms with Crippen LogP contribution in [-0.4, -0.2) is 47.7 Å². The van der Waals surface area contributed by atoms with Crippen LogP contribution in [0.15, 0.2) is 54.7 Å². The molecule has 1 aliphatic rings.